The molecule has 5 nitrogen and oxygen atoms in total. The summed E-state index contributed by atoms with van der Waals surface area (Å²) >= 11 is 12.5. The van der Waals surface area contributed by atoms with Crippen molar-refractivity contribution >= 4 is 29.1 Å². The van der Waals surface area contributed by atoms with Gasteiger partial charge in [-0.05, 0) is 30.5 Å². The molecule has 0 radical (unpaired) electrons. The van der Waals surface area contributed by atoms with Crippen molar-refractivity contribution in [2.75, 3.05) is 19.8 Å². The van der Waals surface area contributed by atoms with Crippen molar-refractivity contribution in [3.8, 4) is 0 Å². The van der Waals surface area contributed by atoms with Crippen molar-refractivity contribution in [2.45, 2.75) is 18.3 Å². The molecule has 0 spiro atoms. The van der Waals surface area contributed by atoms with Crippen LogP contribution in [-0.2, 0) is 17.2 Å². The van der Waals surface area contributed by atoms with Gasteiger partial charge in [0.15, 0.2) is 0 Å². The zero-order chi connectivity index (χ0) is 17.2. The van der Waals surface area contributed by atoms with Crippen LogP contribution in [0.15, 0.2) is 30.6 Å². The fraction of sp³-hybridized carbons (Fsp3) is 0.412. The fourth-order valence-electron chi connectivity index (χ4n) is 3.11. The molecule has 1 amide bonds. The van der Waals surface area contributed by atoms with Gasteiger partial charge in [0.2, 0.25) is 0 Å². The number of amides is 1. The van der Waals surface area contributed by atoms with Gasteiger partial charge in [-0.25, -0.2) is 0 Å². The largest absolute Gasteiger partial charge is 0.381 e. The summed E-state index contributed by atoms with van der Waals surface area (Å²) in [5.41, 5.74) is 1.29. The molecule has 1 saturated heterocycles. The lowest BCUT2D eigenvalue weighted by Crippen LogP contribution is -2.44. The van der Waals surface area contributed by atoms with Crippen LogP contribution in [0, 0.1) is 0 Å². The minimum atomic E-state index is -0.252. The van der Waals surface area contributed by atoms with E-state index in [1.807, 2.05) is 12.1 Å². The molecule has 2 aromatic rings. The number of aromatic nitrogens is 2. The van der Waals surface area contributed by atoms with Gasteiger partial charge < -0.3 is 10.1 Å². The molecule has 1 N–H and O–H groups in total. The third-order valence-corrected chi connectivity index (χ3v) is 5.05. The Kier molecular flexibility index (Phi) is 5.13. The number of nitrogens with zero attached hydrogens (tertiary/aromatic N) is 2. The van der Waals surface area contributed by atoms with Crippen molar-refractivity contribution in [1.29, 1.82) is 0 Å². The Morgan fingerprint density at radius 2 is 2.12 bits per heavy atom. The van der Waals surface area contributed by atoms with Gasteiger partial charge in [-0.15, -0.1) is 0 Å². The third kappa shape index (κ3) is 3.58. The van der Waals surface area contributed by atoms with E-state index in [0.717, 1.165) is 18.4 Å². The van der Waals surface area contributed by atoms with E-state index in [1.165, 1.54) is 0 Å². The number of carbonyl (C=O) groups is 1. The maximum atomic E-state index is 12.4. The van der Waals surface area contributed by atoms with Crippen LogP contribution in [0.4, 0.5) is 0 Å². The van der Waals surface area contributed by atoms with Gasteiger partial charge in [0.05, 0.1) is 11.8 Å². The van der Waals surface area contributed by atoms with Gasteiger partial charge in [0.25, 0.3) is 5.91 Å². The van der Waals surface area contributed by atoms with E-state index in [9.17, 15) is 4.79 Å². The van der Waals surface area contributed by atoms with Gasteiger partial charge in [-0.3, -0.25) is 9.48 Å². The number of ether oxygens (including phenoxy) is 1. The lowest BCUT2D eigenvalue weighted by molar-refractivity contribution is 0.0487. The predicted molar refractivity (Wildman–Crippen MR) is 93.7 cm³/mol. The first-order chi connectivity index (χ1) is 11.5. The van der Waals surface area contributed by atoms with Crippen molar-refractivity contribution in [1.82, 2.24) is 15.1 Å². The molecule has 24 heavy (non-hydrogen) atoms. The highest BCUT2D eigenvalue weighted by atomic mass is 35.5. The lowest BCUT2D eigenvalue weighted by atomic mass is 9.74. The number of halogens is 2. The second kappa shape index (κ2) is 7.13. The molecule has 0 atom stereocenters. The second-order valence-electron chi connectivity index (χ2n) is 6.10. The van der Waals surface area contributed by atoms with Gasteiger partial charge in [-0.2, -0.15) is 5.10 Å². The molecular formula is C17H19Cl2N3O2. The van der Waals surface area contributed by atoms with Gasteiger partial charge >= 0.3 is 0 Å². The number of hydrogen-bond acceptors (Lipinski definition) is 3. The molecule has 7 heteroatoms. The lowest BCUT2D eigenvalue weighted by Gasteiger charge is -2.38. The van der Waals surface area contributed by atoms with Gasteiger partial charge in [0.1, 0.15) is 0 Å². The Morgan fingerprint density at radius 3 is 2.75 bits per heavy atom. The van der Waals surface area contributed by atoms with Crippen molar-refractivity contribution in [3.05, 3.63) is 51.8 Å². The van der Waals surface area contributed by atoms with E-state index in [0.29, 0.717) is 35.4 Å². The Bertz CT molecular complexity index is 739. The molecule has 0 aliphatic carbocycles. The van der Waals surface area contributed by atoms with E-state index in [4.69, 9.17) is 27.9 Å². The highest BCUT2D eigenvalue weighted by molar-refractivity contribution is 6.35. The van der Waals surface area contributed by atoms with Crippen LogP contribution in [0.25, 0.3) is 0 Å². The normalized spacial score (nSPS) is 16.8. The molecule has 1 fully saturated rings. The molecule has 1 aromatic heterocycles. The van der Waals surface area contributed by atoms with E-state index in [1.54, 1.807) is 30.2 Å². The molecule has 128 valence electrons. The number of aryl methyl sites for hydroxylation is 1. The average molecular weight is 368 g/mol. The van der Waals surface area contributed by atoms with E-state index < -0.39 is 0 Å². The number of carbonyl (C=O) groups excluding carboxylic acids is 1. The monoisotopic (exact) mass is 367 g/mol. The summed E-state index contributed by atoms with van der Waals surface area (Å²) in [6, 6.07) is 5.54. The smallest absolute Gasteiger partial charge is 0.254 e. The van der Waals surface area contributed by atoms with Crippen molar-refractivity contribution in [2.24, 2.45) is 7.05 Å². The Labute approximate surface area is 150 Å². The minimum absolute atomic E-state index is 0.140. The molecule has 0 unspecified atom stereocenters. The fourth-order valence-corrected chi connectivity index (χ4v) is 3.72. The number of rotatable bonds is 4. The van der Waals surface area contributed by atoms with Crippen LogP contribution in [0.3, 0.4) is 0 Å². The number of benzene rings is 1. The molecular weight excluding hydrogens is 349 g/mol. The average Bonchev–Trinajstić information content (AvgIpc) is 3.00. The Morgan fingerprint density at radius 1 is 1.38 bits per heavy atom. The van der Waals surface area contributed by atoms with Crippen LogP contribution < -0.4 is 5.32 Å². The van der Waals surface area contributed by atoms with Crippen LogP contribution in [0.5, 0.6) is 0 Å². The first kappa shape index (κ1) is 17.3. The summed E-state index contributed by atoms with van der Waals surface area (Å²) < 4.78 is 7.12. The van der Waals surface area contributed by atoms with Crippen molar-refractivity contribution < 1.29 is 9.53 Å². The summed E-state index contributed by atoms with van der Waals surface area (Å²) in [7, 11) is 1.78. The van der Waals surface area contributed by atoms with Crippen LogP contribution in [0.1, 0.15) is 28.8 Å². The molecule has 1 aliphatic rings. The molecule has 2 heterocycles. The van der Waals surface area contributed by atoms with E-state index in [2.05, 4.69) is 10.4 Å². The molecule has 0 bridgehead atoms. The highest BCUT2D eigenvalue weighted by Crippen LogP contribution is 2.39. The Balaban J connectivity index is 1.82. The molecule has 0 saturated carbocycles. The SMILES string of the molecule is Cn1cc(C(=O)NCC2(c3ccc(Cl)cc3Cl)CCOCC2)cn1. The highest BCUT2D eigenvalue weighted by Gasteiger charge is 2.36. The zero-order valence-electron chi connectivity index (χ0n) is 13.4. The second-order valence-corrected chi connectivity index (χ2v) is 6.95. The first-order valence-corrected chi connectivity index (χ1v) is 8.56. The van der Waals surface area contributed by atoms with Crippen LogP contribution >= 0.6 is 23.2 Å². The topological polar surface area (TPSA) is 56.2 Å². The summed E-state index contributed by atoms with van der Waals surface area (Å²) in [5, 5.41) is 8.28. The molecule has 1 aliphatic heterocycles. The van der Waals surface area contributed by atoms with Crippen molar-refractivity contribution in [3.63, 3.8) is 0 Å². The summed E-state index contributed by atoms with van der Waals surface area (Å²) in [6.45, 7) is 1.77. The van der Waals surface area contributed by atoms with Crippen LogP contribution in [-0.4, -0.2) is 35.4 Å². The molecule has 3 rings (SSSR count). The minimum Gasteiger partial charge on any atom is -0.381 e. The summed E-state index contributed by atoms with van der Waals surface area (Å²) in [5.74, 6) is -0.140. The van der Waals surface area contributed by atoms with Gasteiger partial charge in [-0.1, -0.05) is 29.3 Å². The van der Waals surface area contributed by atoms with Gasteiger partial charge in [0, 0.05) is 48.5 Å². The first-order valence-electron chi connectivity index (χ1n) is 7.80. The summed E-state index contributed by atoms with van der Waals surface area (Å²) in [4.78, 5) is 12.4. The third-order valence-electron chi connectivity index (χ3n) is 4.51. The number of nitrogens with one attached hydrogen (secondary N) is 1. The maximum Gasteiger partial charge on any atom is 0.254 e. The van der Waals surface area contributed by atoms with E-state index in [-0.39, 0.29) is 11.3 Å². The quantitative estimate of drug-likeness (QED) is 0.902. The zero-order valence-corrected chi connectivity index (χ0v) is 14.9. The van der Waals surface area contributed by atoms with Crippen LogP contribution in [0.2, 0.25) is 10.0 Å². The number of hydrogen-bond donors (Lipinski definition) is 1. The summed E-state index contributed by atoms with van der Waals surface area (Å²) in [6.07, 6.45) is 4.84. The molecule has 1 aromatic carbocycles. The standard InChI is InChI=1S/C17H19Cl2N3O2/c1-22-10-12(9-21-22)16(23)20-11-17(4-6-24-7-5-17)14-3-2-13(18)8-15(14)19/h2-3,8-10H,4-7,11H2,1H3,(H,20,23). The van der Waals surface area contributed by atoms with E-state index >= 15 is 0 Å². The predicted octanol–water partition coefficient (Wildman–Crippen LogP) is 3.21. The maximum absolute atomic E-state index is 12.4. The Hall–Kier alpha value is -1.56.